The third-order valence-corrected chi connectivity index (χ3v) is 4.19. The van der Waals surface area contributed by atoms with Gasteiger partial charge in [-0.05, 0) is 31.7 Å². The number of aromatic nitrogens is 2. The third-order valence-electron chi connectivity index (χ3n) is 4.19. The van der Waals surface area contributed by atoms with Crippen molar-refractivity contribution in [2.75, 3.05) is 0 Å². The van der Waals surface area contributed by atoms with Crippen molar-refractivity contribution in [3.8, 4) is 0 Å². The van der Waals surface area contributed by atoms with E-state index >= 15 is 0 Å². The predicted molar refractivity (Wildman–Crippen MR) is 83.9 cm³/mol. The maximum absolute atomic E-state index is 12.3. The van der Waals surface area contributed by atoms with Crippen LogP contribution < -0.4 is 0 Å². The van der Waals surface area contributed by atoms with E-state index < -0.39 is 0 Å². The second kappa shape index (κ2) is 8.93. The van der Waals surface area contributed by atoms with Crippen molar-refractivity contribution in [1.82, 2.24) is 9.78 Å². The molecule has 1 unspecified atom stereocenters. The van der Waals surface area contributed by atoms with Gasteiger partial charge in [0.15, 0.2) is 0 Å². The first-order valence-electron chi connectivity index (χ1n) is 8.22. The normalized spacial score (nSPS) is 12.8. The molecule has 0 spiro atoms. The molecule has 0 bridgehead atoms. The second-order valence-electron chi connectivity index (χ2n) is 5.65. The summed E-state index contributed by atoms with van der Waals surface area (Å²) in [5, 5.41) is 4.59. The summed E-state index contributed by atoms with van der Waals surface area (Å²) in [6.45, 7) is 8.65. The molecule has 0 aromatic carbocycles. The minimum Gasteiger partial charge on any atom is -0.299 e. The number of carbonyl (C=O) groups excluding carboxylic acids is 1. The number of rotatable bonds is 10. The van der Waals surface area contributed by atoms with Gasteiger partial charge in [0.2, 0.25) is 0 Å². The van der Waals surface area contributed by atoms with Crippen molar-refractivity contribution in [3.63, 3.8) is 0 Å². The summed E-state index contributed by atoms with van der Waals surface area (Å²) in [6, 6.07) is 2.46. The quantitative estimate of drug-likeness (QED) is 0.628. The summed E-state index contributed by atoms with van der Waals surface area (Å²) < 4.78 is 2.02. The summed E-state index contributed by atoms with van der Waals surface area (Å²) in [5.41, 5.74) is 0.928. The molecule has 0 aliphatic carbocycles. The maximum atomic E-state index is 12.3. The summed E-state index contributed by atoms with van der Waals surface area (Å²) in [5.74, 6) is 0.573. The van der Waals surface area contributed by atoms with E-state index in [-0.39, 0.29) is 5.92 Å². The summed E-state index contributed by atoms with van der Waals surface area (Å²) in [7, 11) is 0. The highest BCUT2D eigenvalue weighted by molar-refractivity contribution is 5.82. The van der Waals surface area contributed by atoms with Gasteiger partial charge in [0.1, 0.15) is 5.78 Å². The van der Waals surface area contributed by atoms with E-state index in [1.54, 1.807) is 0 Å². The number of unbranched alkanes of at least 4 members (excludes halogenated alkanes) is 1. The zero-order valence-corrected chi connectivity index (χ0v) is 13.6. The Morgan fingerprint density at radius 2 is 1.90 bits per heavy atom. The van der Waals surface area contributed by atoms with Gasteiger partial charge in [-0.15, -0.1) is 0 Å². The lowest BCUT2D eigenvalue weighted by molar-refractivity contribution is -0.122. The van der Waals surface area contributed by atoms with Crippen molar-refractivity contribution in [2.24, 2.45) is 5.92 Å². The molecule has 3 heteroatoms. The van der Waals surface area contributed by atoms with E-state index in [1.807, 2.05) is 16.9 Å². The number of ketones is 1. The van der Waals surface area contributed by atoms with Crippen LogP contribution in [0.5, 0.6) is 0 Å². The maximum Gasteiger partial charge on any atom is 0.141 e. The SMILES string of the molecule is CCCCC(CC)C(=O)Cc1ccn(C(CC)CC)n1. The van der Waals surface area contributed by atoms with Gasteiger partial charge in [0, 0.05) is 12.1 Å². The van der Waals surface area contributed by atoms with Crippen molar-refractivity contribution in [1.29, 1.82) is 0 Å². The van der Waals surface area contributed by atoms with Crippen LogP contribution in [-0.2, 0) is 11.2 Å². The Kier molecular flexibility index (Phi) is 7.56. The van der Waals surface area contributed by atoms with Gasteiger partial charge in [0.25, 0.3) is 0 Å². The molecule has 0 N–H and O–H groups in total. The fraction of sp³-hybridized carbons (Fsp3) is 0.765. The lowest BCUT2D eigenvalue weighted by atomic mass is 9.92. The standard InChI is InChI=1S/C17H30N2O/c1-5-9-10-14(6-2)17(20)13-15-11-12-19(18-15)16(7-3)8-4/h11-12,14,16H,5-10,13H2,1-4H3. The fourth-order valence-corrected chi connectivity index (χ4v) is 2.70. The lowest BCUT2D eigenvalue weighted by Gasteiger charge is -2.13. The van der Waals surface area contributed by atoms with Crippen LogP contribution in [0.2, 0.25) is 0 Å². The van der Waals surface area contributed by atoms with Gasteiger partial charge < -0.3 is 0 Å². The summed E-state index contributed by atoms with van der Waals surface area (Å²) in [6.07, 6.45) is 8.96. The molecule has 0 radical (unpaired) electrons. The molecule has 1 atom stereocenters. The number of hydrogen-bond donors (Lipinski definition) is 0. The largest absolute Gasteiger partial charge is 0.299 e. The molecule has 0 aliphatic rings. The van der Waals surface area contributed by atoms with Gasteiger partial charge >= 0.3 is 0 Å². The number of nitrogens with zero attached hydrogens (tertiary/aromatic N) is 2. The Hall–Kier alpha value is -1.12. The van der Waals surface area contributed by atoms with Crippen LogP contribution >= 0.6 is 0 Å². The minimum absolute atomic E-state index is 0.216. The Bertz CT molecular complexity index is 393. The van der Waals surface area contributed by atoms with Crippen LogP contribution in [0.3, 0.4) is 0 Å². The van der Waals surface area contributed by atoms with E-state index in [2.05, 4.69) is 32.8 Å². The average molecular weight is 278 g/mol. The van der Waals surface area contributed by atoms with Gasteiger partial charge in [-0.3, -0.25) is 9.48 Å². The van der Waals surface area contributed by atoms with E-state index in [0.717, 1.165) is 44.2 Å². The topological polar surface area (TPSA) is 34.9 Å². The second-order valence-corrected chi connectivity index (χ2v) is 5.65. The molecule has 114 valence electrons. The van der Waals surface area contributed by atoms with E-state index in [4.69, 9.17) is 0 Å². The van der Waals surface area contributed by atoms with Crippen molar-refractivity contribution < 1.29 is 4.79 Å². The summed E-state index contributed by atoms with van der Waals surface area (Å²) >= 11 is 0. The Labute approximate surface area is 123 Å². The molecule has 1 rings (SSSR count). The molecule has 1 aromatic heterocycles. The van der Waals surface area contributed by atoms with Crippen LogP contribution in [0.25, 0.3) is 0 Å². The fourth-order valence-electron chi connectivity index (χ4n) is 2.70. The molecule has 0 saturated heterocycles. The molecule has 20 heavy (non-hydrogen) atoms. The molecular formula is C17H30N2O. The van der Waals surface area contributed by atoms with Crippen molar-refractivity contribution in [3.05, 3.63) is 18.0 Å². The van der Waals surface area contributed by atoms with Crippen LogP contribution in [0.15, 0.2) is 12.3 Å². The third kappa shape index (κ3) is 4.77. The lowest BCUT2D eigenvalue weighted by Crippen LogP contribution is -2.17. The number of hydrogen-bond acceptors (Lipinski definition) is 2. The molecule has 0 amide bonds. The molecule has 0 aliphatic heterocycles. The number of carbonyl (C=O) groups is 1. The molecule has 1 aromatic rings. The predicted octanol–water partition coefficient (Wildman–Crippen LogP) is 4.57. The average Bonchev–Trinajstić information content (AvgIpc) is 2.89. The molecule has 3 nitrogen and oxygen atoms in total. The van der Waals surface area contributed by atoms with E-state index in [1.165, 1.54) is 0 Å². The first kappa shape index (κ1) is 16.9. The zero-order chi connectivity index (χ0) is 15.0. The Balaban J connectivity index is 2.61. The first-order valence-corrected chi connectivity index (χ1v) is 8.22. The van der Waals surface area contributed by atoms with Crippen molar-refractivity contribution >= 4 is 5.78 Å². The van der Waals surface area contributed by atoms with Gasteiger partial charge in [-0.1, -0.05) is 40.5 Å². The monoisotopic (exact) mass is 278 g/mol. The van der Waals surface area contributed by atoms with Crippen LogP contribution in [-0.4, -0.2) is 15.6 Å². The highest BCUT2D eigenvalue weighted by Gasteiger charge is 2.18. The first-order chi connectivity index (χ1) is 9.65. The van der Waals surface area contributed by atoms with Crippen LogP contribution in [0.1, 0.15) is 78.0 Å². The van der Waals surface area contributed by atoms with Gasteiger partial charge in [-0.2, -0.15) is 5.10 Å². The van der Waals surface area contributed by atoms with E-state index in [9.17, 15) is 4.79 Å². The van der Waals surface area contributed by atoms with Crippen LogP contribution in [0, 0.1) is 5.92 Å². The van der Waals surface area contributed by atoms with E-state index in [0.29, 0.717) is 18.2 Å². The zero-order valence-electron chi connectivity index (χ0n) is 13.6. The smallest absolute Gasteiger partial charge is 0.141 e. The highest BCUT2D eigenvalue weighted by atomic mass is 16.1. The summed E-state index contributed by atoms with van der Waals surface area (Å²) in [4.78, 5) is 12.3. The van der Waals surface area contributed by atoms with Gasteiger partial charge in [0.05, 0.1) is 18.2 Å². The van der Waals surface area contributed by atoms with Crippen molar-refractivity contribution in [2.45, 2.75) is 78.7 Å². The highest BCUT2D eigenvalue weighted by Crippen LogP contribution is 2.18. The molecule has 0 fully saturated rings. The molecule has 0 saturated carbocycles. The van der Waals surface area contributed by atoms with Crippen LogP contribution in [0.4, 0.5) is 0 Å². The molecule has 1 heterocycles. The molecular weight excluding hydrogens is 248 g/mol. The number of Topliss-reactive ketones (excluding diaryl/α,β-unsaturated/α-hetero) is 1. The Morgan fingerprint density at radius 1 is 1.20 bits per heavy atom. The van der Waals surface area contributed by atoms with Gasteiger partial charge in [-0.25, -0.2) is 0 Å². The minimum atomic E-state index is 0.216. The Morgan fingerprint density at radius 3 is 2.45 bits per heavy atom.